The lowest BCUT2D eigenvalue weighted by atomic mass is 10.2. The van der Waals surface area contributed by atoms with Gasteiger partial charge < -0.3 is 15.4 Å². The van der Waals surface area contributed by atoms with E-state index in [1.54, 1.807) is 13.0 Å². The predicted molar refractivity (Wildman–Crippen MR) is 65.1 cm³/mol. The Kier molecular flexibility index (Phi) is 4.88. The summed E-state index contributed by atoms with van der Waals surface area (Å²) in [4.78, 5) is 11.5. The molecule has 0 saturated carbocycles. The molecule has 0 bridgehead atoms. The van der Waals surface area contributed by atoms with Crippen LogP contribution in [-0.2, 0) is 0 Å². The van der Waals surface area contributed by atoms with Gasteiger partial charge >= 0.3 is 12.6 Å². The van der Waals surface area contributed by atoms with E-state index in [1.165, 1.54) is 12.1 Å². The number of carbonyl (C=O) groups excluding carboxylic acids is 1. The molecule has 2 N–H and O–H groups in total. The fourth-order valence-electron chi connectivity index (χ4n) is 1.39. The lowest BCUT2D eigenvalue weighted by Crippen LogP contribution is -2.34. The number of ether oxygens (including phenoxy) is 1. The maximum absolute atomic E-state index is 12.1. The van der Waals surface area contributed by atoms with Crippen molar-refractivity contribution in [2.24, 2.45) is 0 Å². The molecule has 0 aliphatic rings. The van der Waals surface area contributed by atoms with Gasteiger partial charge in [0.25, 0.3) is 0 Å². The van der Waals surface area contributed by atoms with Crippen LogP contribution in [0.2, 0.25) is 0 Å². The smallest absolute Gasteiger partial charge is 0.387 e. The van der Waals surface area contributed by atoms with Crippen molar-refractivity contribution in [2.45, 2.75) is 33.4 Å². The van der Waals surface area contributed by atoms with Crippen LogP contribution in [0.4, 0.5) is 19.3 Å². The van der Waals surface area contributed by atoms with Crippen LogP contribution in [0.1, 0.15) is 19.4 Å². The predicted octanol–water partition coefficient (Wildman–Crippen LogP) is 3.13. The SMILES string of the molecule is Cc1c(NC(=O)NC(C)C)cccc1OC(F)F. The minimum Gasteiger partial charge on any atom is -0.434 e. The third-order valence-electron chi connectivity index (χ3n) is 2.17. The molecule has 0 unspecified atom stereocenters. The minimum atomic E-state index is -2.89. The summed E-state index contributed by atoms with van der Waals surface area (Å²) in [6.07, 6.45) is 0. The number of urea groups is 1. The molecule has 0 spiro atoms. The highest BCUT2D eigenvalue weighted by molar-refractivity contribution is 5.90. The summed E-state index contributed by atoms with van der Waals surface area (Å²) in [5, 5.41) is 5.22. The second-order valence-electron chi connectivity index (χ2n) is 4.06. The van der Waals surface area contributed by atoms with Crippen molar-refractivity contribution in [3.8, 4) is 5.75 Å². The van der Waals surface area contributed by atoms with Crippen LogP contribution >= 0.6 is 0 Å². The van der Waals surface area contributed by atoms with E-state index in [0.29, 0.717) is 11.3 Å². The van der Waals surface area contributed by atoms with Gasteiger partial charge in [0.05, 0.1) is 0 Å². The number of hydrogen-bond donors (Lipinski definition) is 2. The Morgan fingerprint density at radius 2 is 2.00 bits per heavy atom. The van der Waals surface area contributed by atoms with Gasteiger partial charge in [-0.15, -0.1) is 0 Å². The van der Waals surface area contributed by atoms with Gasteiger partial charge in [-0.25, -0.2) is 4.79 Å². The minimum absolute atomic E-state index is 0.00852. The van der Waals surface area contributed by atoms with Crippen LogP contribution in [0.5, 0.6) is 5.75 Å². The second-order valence-corrected chi connectivity index (χ2v) is 4.06. The molecule has 1 rings (SSSR count). The highest BCUT2D eigenvalue weighted by Crippen LogP contribution is 2.26. The van der Waals surface area contributed by atoms with E-state index < -0.39 is 6.61 Å². The molecule has 0 radical (unpaired) electrons. The van der Waals surface area contributed by atoms with Gasteiger partial charge in [0, 0.05) is 17.3 Å². The number of alkyl halides is 2. The summed E-state index contributed by atoms with van der Waals surface area (Å²) >= 11 is 0. The van der Waals surface area contributed by atoms with Crippen molar-refractivity contribution >= 4 is 11.7 Å². The quantitative estimate of drug-likeness (QED) is 0.871. The van der Waals surface area contributed by atoms with Crippen molar-refractivity contribution in [1.29, 1.82) is 0 Å². The number of amides is 2. The summed E-state index contributed by atoms with van der Waals surface area (Å²) in [6, 6.07) is 4.18. The van der Waals surface area contributed by atoms with Gasteiger partial charge in [-0.2, -0.15) is 8.78 Å². The van der Waals surface area contributed by atoms with E-state index in [0.717, 1.165) is 0 Å². The van der Waals surface area contributed by atoms with Crippen LogP contribution in [0.25, 0.3) is 0 Å². The van der Waals surface area contributed by atoms with Gasteiger partial charge in [-0.3, -0.25) is 0 Å². The number of rotatable bonds is 4. The van der Waals surface area contributed by atoms with Gasteiger partial charge in [0.1, 0.15) is 5.75 Å². The lowest BCUT2D eigenvalue weighted by molar-refractivity contribution is -0.0502. The van der Waals surface area contributed by atoms with E-state index in [2.05, 4.69) is 15.4 Å². The average molecular weight is 258 g/mol. The molecule has 4 nitrogen and oxygen atoms in total. The molecule has 18 heavy (non-hydrogen) atoms. The molecule has 0 aliphatic heterocycles. The lowest BCUT2D eigenvalue weighted by Gasteiger charge is -2.14. The third kappa shape index (κ3) is 4.20. The van der Waals surface area contributed by atoms with Crippen LogP contribution < -0.4 is 15.4 Å². The summed E-state index contributed by atoms with van der Waals surface area (Å²) in [5.41, 5.74) is 0.892. The van der Waals surface area contributed by atoms with Crippen LogP contribution in [0.15, 0.2) is 18.2 Å². The molecular formula is C12H16F2N2O2. The average Bonchev–Trinajstić information content (AvgIpc) is 2.22. The van der Waals surface area contributed by atoms with E-state index >= 15 is 0 Å². The number of halogens is 2. The zero-order valence-electron chi connectivity index (χ0n) is 10.5. The number of nitrogens with one attached hydrogen (secondary N) is 2. The fraction of sp³-hybridized carbons (Fsp3) is 0.417. The Labute approximate surface area is 104 Å². The standard InChI is InChI=1S/C12H16F2N2O2/c1-7(2)15-12(17)16-9-5-4-6-10(8(9)3)18-11(13)14/h4-7,11H,1-3H3,(H2,15,16,17). The van der Waals surface area contributed by atoms with Crippen molar-refractivity contribution in [1.82, 2.24) is 5.32 Å². The first kappa shape index (κ1) is 14.2. The number of carbonyl (C=O) groups is 1. The van der Waals surface area contributed by atoms with Crippen LogP contribution in [0, 0.1) is 6.92 Å². The maximum Gasteiger partial charge on any atom is 0.387 e. The molecule has 0 atom stereocenters. The Bertz CT molecular complexity index is 423. The van der Waals surface area contributed by atoms with Gasteiger partial charge in [0.15, 0.2) is 0 Å². The molecule has 100 valence electrons. The topological polar surface area (TPSA) is 50.4 Å². The molecule has 0 fully saturated rings. The summed E-state index contributed by atoms with van der Waals surface area (Å²) in [6.45, 7) is 2.36. The largest absolute Gasteiger partial charge is 0.434 e. The zero-order chi connectivity index (χ0) is 13.7. The fourth-order valence-corrected chi connectivity index (χ4v) is 1.39. The van der Waals surface area contributed by atoms with E-state index in [-0.39, 0.29) is 17.8 Å². The third-order valence-corrected chi connectivity index (χ3v) is 2.17. The highest BCUT2D eigenvalue weighted by Gasteiger charge is 2.11. The first-order valence-corrected chi connectivity index (χ1v) is 5.52. The van der Waals surface area contributed by atoms with Crippen molar-refractivity contribution in [2.75, 3.05) is 5.32 Å². The molecule has 0 aromatic heterocycles. The molecule has 6 heteroatoms. The first-order chi connectivity index (χ1) is 8.40. The van der Waals surface area contributed by atoms with Crippen molar-refractivity contribution < 1.29 is 18.3 Å². The monoisotopic (exact) mass is 258 g/mol. The molecule has 2 amide bonds. The van der Waals surface area contributed by atoms with E-state index in [4.69, 9.17) is 0 Å². The molecule has 1 aromatic carbocycles. The van der Waals surface area contributed by atoms with Crippen molar-refractivity contribution in [3.05, 3.63) is 23.8 Å². The first-order valence-electron chi connectivity index (χ1n) is 5.52. The van der Waals surface area contributed by atoms with Gasteiger partial charge in [-0.05, 0) is 32.9 Å². The number of benzene rings is 1. The Morgan fingerprint density at radius 3 is 2.56 bits per heavy atom. The number of hydrogen-bond acceptors (Lipinski definition) is 2. The van der Waals surface area contributed by atoms with Gasteiger partial charge in [-0.1, -0.05) is 6.07 Å². The second kappa shape index (κ2) is 6.18. The summed E-state index contributed by atoms with van der Waals surface area (Å²) in [5.74, 6) is 0.0485. The van der Waals surface area contributed by atoms with Crippen molar-refractivity contribution in [3.63, 3.8) is 0 Å². The maximum atomic E-state index is 12.1. The van der Waals surface area contributed by atoms with Crippen LogP contribution in [-0.4, -0.2) is 18.7 Å². The van der Waals surface area contributed by atoms with E-state index in [9.17, 15) is 13.6 Å². The van der Waals surface area contributed by atoms with Crippen LogP contribution in [0.3, 0.4) is 0 Å². The normalized spacial score (nSPS) is 10.6. The highest BCUT2D eigenvalue weighted by atomic mass is 19.3. The molecule has 0 aliphatic carbocycles. The van der Waals surface area contributed by atoms with Gasteiger partial charge in [0.2, 0.25) is 0 Å². The summed E-state index contributed by atoms with van der Waals surface area (Å²) in [7, 11) is 0. The Balaban J connectivity index is 2.80. The molecule has 0 heterocycles. The molecule has 0 saturated heterocycles. The number of anilines is 1. The zero-order valence-corrected chi connectivity index (χ0v) is 10.5. The molecular weight excluding hydrogens is 242 g/mol. The summed E-state index contributed by atoms with van der Waals surface area (Å²) < 4.78 is 28.6. The Hall–Kier alpha value is -1.85. The van der Waals surface area contributed by atoms with E-state index in [1.807, 2.05) is 13.8 Å². The Morgan fingerprint density at radius 1 is 1.33 bits per heavy atom. The molecule has 1 aromatic rings.